The predicted octanol–water partition coefficient (Wildman–Crippen LogP) is 3.91. The molecular formula is C8H8Cl4N2. The summed E-state index contributed by atoms with van der Waals surface area (Å²) in [5, 5.41) is -0.153. The topological polar surface area (TPSA) is 25.8 Å². The maximum absolute atomic E-state index is 5.90. The Bertz CT molecular complexity index is 333. The lowest BCUT2D eigenvalue weighted by Crippen LogP contribution is -2.09. The number of rotatable bonds is 1. The lowest BCUT2D eigenvalue weighted by molar-refractivity contribution is 0.893. The Hall–Kier alpha value is 0.240. The zero-order valence-electron chi connectivity index (χ0n) is 7.56. The van der Waals surface area contributed by atoms with Gasteiger partial charge in [0.05, 0.1) is 5.38 Å². The smallest absolute Gasteiger partial charge is 0.237 e. The molecule has 2 nitrogen and oxygen atoms in total. The van der Waals surface area contributed by atoms with Crippen molar-refractivity contribution in [2.75, 3.05) is 0 Å². The first-order valence-corrected chi connectivity index (χ1v) is 5.44. The van der Waals surface area contributed by atoms with Crippen molar-refractivity contribution in [3.63, 3.8) is 0 Å². The van der Waals surface area contributed by atoms with E-state index in [4.69, 9.17) is 46.4 Å². The molecular weight excluding hydrogens is 266 g/mol. The van der Waals surface area contributed by atoms with E-state index in [1.165, 1.54) is 0 Å². The van der Waals surface area contributed by atoms with Crippen LogP contribution in [0.2, 0.25) is 0 Å². The molecule has 0 aromatic carbocycles. The van der Waals surface area contributed by atoms with Gasteiger partial charge < -0.3 is 0 Å². The van der Waals surface area contributed by atoms with Gasteiger partial charge in [0.15, 0.2) is 5.82 Å². The molecule has 1 aromatic rings. The highest BCUT2D eigenvalue weighted by molar-refractivity contribution is 6.66. The second-order valence-electron chi connectivity index (χ2n) is 2.85. The summed E-state index contributed by atoms with van der Waals surface area (Å²) in [6.07, 6.45) is 1.58. The van der Waals surface area contributed by atoms with E-state index in [2.05, 4.69) is 9.97 Å². The van der Waals surface area contributed by atoms with Crippen molar-refractivity contribution < 1.29 is 0 Å². The summed E-state index contributed by atoms with van der Waals surface area (Å²) in [6, 6.07) is 0. The van der Waals surface area contributed by atoms with Gasteiger partial charge in [0, 0.05) is 17.5 Å². The molecule has 14 heavy (non-hydrogen) atoms. The Balaban J connectivity index is 3.13. The second-order valence-corrected chi connectivity index (χ2v) is 5.78. The maximum atomic E-state index is 5.90. The number of hydrogen-bond acceptors (Lipinski definition) is 2. The Morgan fingerprint density at radius 2 is 1.93 bits per heavy atom. The van der Waals surface area contributed by atoms with Crippen molar-refractivity contribution in [2.45, 2.75) is 23.0 Å². The molecule has 1 atom stereocenters. The van der Waals surface area contributed by atoms with Crippen molar-refractivity contribution in [1.29, 1.82) is 0 Å². The van der Waals surface area contributed by atoms with Crippen molar-refractivity contribution >= 4 is 46.4 Å². The summed E-state index contributed by atoms with van der Waals surface area (Å²) in [4.78, 5) is 8.01. The van der Waals surface area contributed by atoms with Crippen molar-refractivity contribution in [3.8, 4) is 0 Å². The van der Waals surface area contributed by atoms with E-state index in [-0.39, 0.29) is 11.2 Å². The Labute approximate surface area is 103 Å². The lowest BCUT2D eigenvalue weighted by Gasteiger charge is -2.12. The SMILES string of the molecule is Cc1nc(C(Cl)(Cl)Cl)ncc1C(C)Cl. The van der Waals surface area contributed by atoms with Gasteiger partial charge in [-0.1, -0.05) is 34.8 Å². The van der Waals surface area contributed by atoms with Gasteiger partial charge in [0.25, 0.3) is 0 Å². The first-order valence-electron chi connectivity index (χ1n) is 3.87. The third-order valence-electron chi connectivity index (χ3n) is 1.70. The number of nitrogens with zero attached hydrogens (tertiary/aromatic N) is 2. The molecule has 0 spiro atoms. The van der Waals surface area contributed by atoms with E-state index in [1.807, 2.05) is 6.92 Å². The van der Waals surface area contributed by atoms with Crippen LogP contribution in [0.1, 0.15) is 29.4 Å². The first-order chi connectivity index (χ1) is 6.32. The van der Waals surface area contributed by atoms with Gasteiger partial charge in [-0.15, -0.1) is 11.6 Å². The van der Waals surface area contributed by atoms with Gasteiger partial charge >= 0.3 is 0 Å². The summed E-state index contributed by atoms with van der Waals surface area (Å²) in [5.74, 6) is 0.168. The minimum absolute atomic E-state index is 0.153. The van der Waals surface area contributed by atoms with Gasteiger partial charge in [-0.05, 0) is 13.8 Å². The third-order valence-corrected chi connectivity index (χ3v) is 2.44. The van der Waals surface area contributed by atoms with Crippen molar-refractivity contribution in [3.05, 3.63) is 23.3 Å². The molecule has 0 saturated carbocycles. The summed E-state index contributed by atoms with van der Waals surface area (Å²) >= 11 is 22.8. The van der Waals surface area contributed by atoms with Crippen LogP contribution in [0.5, 0.6) is 0 Å². The molecule has 78 valence electrons. The standard InChI is InChI=1S/C8H8Cl4N2/c1-4(9)6-3-13-7(8(10,11)12)14-5(6)2/h3-4H,1-2H3. The minimum atomic E-state index is -1.58. The fraction of sp³-hybridized carbons (Fsp3) is 0.500. The van der Waals surface area contributed by atoms with Crippen molar-refractivity contribution in [2.24, 2.45) is 0 Å². The number of aryl methyl sites for hydroxylation is 1. The lowest BCUT2D eigenvalue weighted by atomic mass is 10.2. The van der Waals surface area contributed by atoms with E-state index >= 15 is 0 Å². The number of halogens is 4. The summed E-state index contributed by atoms with van der Waals surface area (Å²) < 4.78 is -1.58. The molecule has 0 aliphatic carbocycles. The van der Waals surface area contributed by atoms with Crippen LogP contribution in [-0.4, -0.2) is 9.97 Å². The molecule has 1 unspecified atom stereocenters. The minimum Gasteiger partial charge on any atom is -0.237 e. The highest BCUT2D eigenvalue weighted by Gasteiger charge is 2.27. The van der Waals surface area contributed by atoms with Crippen LogP contribution in [-0.2, 0) is 3.79 Å². The zero-order chi connectivity index (χ0) is 10.9. The van der Waals surface area contributed by atoms with Crippen LogP contribution in [0.15, 0.2) is 6.20 Å². The van der Waals surface area contributed by atoms with E-state index in [1.54, 1.807) is 13.1 Å². The average molecular weight is 274 g/mol. The highest BCUT2D eigenvalue weighted by Crippen LogP contribution is 2.36. The molecule has 1 rings (SSSR count). The fourth-order valence-electron chi connectivity index (χ4n) is 1.00. The van der Waals surface area contributed by atoms with Crippen molar-refractivity contribution in [1.82, 2.24) is 9.97 Å². The van der Waals surface area contributed by atoms with Crippen LogP contribution in [0.25, 0.3) is 0 Å². The molecule has 0 saturated heterocycles. The van der Waals surface area contributed by atoms with Crippen LogP contribution in [0.4, 0.5) is 0 Å². The van der Waals surface area contributed by atoms with E-state index < -0.39 is 3.79 Å². The quantitative estimate of drug-likeness (QED) is 0.725. The average Bonchev–Trinajstić information content (AvgIpc) is 2.01. The molecule has 0 bridgehead atoms. The van der Waals surface area contributed by atoms with Crippen LogP contribution >= 0.6 is 46.4 Å². The van der Waals surface area contributed by atoms with E-state index in [9.17, 15) is 0 Å². The maximum Gasteiger partial charge on any atom is 0.250 e. The van der Waals surface area contributed by atoms with Gasteiger partial charge in [0.1, 0.15) is 0 Å². The fourth-order valence-corrected chi connectivity index (χ4v) is 1.49. The van der Waals surface area contributed by atoms with E-state index in [0.29, 0.717) is 0 Å². The molecule has 0 aliphatic heterocycles. The molecule has 0 fully saturated rings. The van der Waals surface area contributed by atoms with Gasteiger partial charge in [-0.25, -0.2) is 9.97 Å². The second kappa shape index (κ2) is 4.40. The van der Waals surface area contributed by atoms with Crippen LogP contribution in [0.3, 0.4) is 0 Å². The zero-order valence-corrected chi connectivity index (χ0v) is 10.6. The predicted molar refractivity (Wildman–Crippen MR) is 60.3 cm³/mol. The third kappa shape index (κ3) is 2.86. The van der Waals surface area contributed by atoms with E-state index in [0.717, 1.165) is 11.3 Å². The van der Waals surface area contributed by atoms with Gasteiger partial charge in [-0.2, -0.15) is 0 Å². The first kappa shape index (κ1) is 12.3. The molecule has 0 N–H and O–H groups in total. The summed E-state index contributed by atoms with van der Waals surface area (Å²) in [6.45, 7) is 3.64. The molecule has 6 heteroatoms. The Morgan fingerprint density at radius 3 is 2.29 bits per heavy atom. The number of aromatic nitrogens is 2. The summed E-state index contributed by atoms with van der Waals surface area (Å²) in [7, 11) is 0. The normalized spacial score (nSPS) is 14.1. The van der Waals surface area contributed by atoms with Crippen LogP contribution in [0, 0.1) is 6.92 Å². The number of hydrogen-bond donors (Lipinski definition) is 0. The van der Waals surface area contributed by atoms with Crippen LogP contribution < -0.4 is 0 Å². The molecule has 0 aliphatic rings. The van der Waals surface area contributed by atoms with Gasteiger partial charge in [0.2, 0.25) is 3.79 Å². The molecule has 0 radical (unpaired) electrons. The Kier molecular flexibility index (Phi) is 3.87. The van der Waals surface area contributed by atoms with Gasteiger partial charge in [-0.3, -0.25) is 0 Å². The molecule has 1 aromatic heterocycles. The molecule has 0 amide bonds. The monoisotopic (exact) mass is 272 g/mol. The highest BCUT2D eigenvalue weighted by atomic mass is 35.6. The summed E-state index contributed by atoms with van der Waals surface area (Å²) in [5.41, 5.74) is 1.56. The Morgan fingerprint density at radius 1 is 1.36 bits per heavy atom. The largest absolute Gasteiger partial charge is 0.250 e. The molecule has 1 heterocycles. The number of alkyl halides is 4.